The van der Waals surface area contributed by atoms with Crippen molar-refractivity contribution >= 4 is 33.4 Å². The Morgan fingerprint density at radius 3 is 2.20 bits per heavy atom. The van der Waals surface area contributed by atoms with Crippen molar-refractivity contribution in [2.75, 3.05) is 4.90 Å². The quantitative estimate of drug-likeness (QED) is 0.210. The highest BCUT2D eigenvalue weighted by molar-refractivity contribution is 6.15. The van der Waals surface area contributed by atoms with Crippen molar-refractivity contribution in [1.29, 1.82) is 0 Å². The van der Waals surface area contributed by atoms with Gasteiger partial charge in [0.05, 0.1) is 12.0 Å². The molecule has 3 aromatic rings. The minimum absolute atomic E-state index is 0.218. The molecule has 5 heteroatoms. The lowest BCUT2D eigenvalue weighted by Crippen LogP contribution is -2.33. The zero-order chi connectivity index (χ0) is 27.2. The summed E-state index contributed by atoms with van der Waals surface area (Å²) in [4.78, 5) is 14.9. The van der Waals surface area contributed by atoms with Crippen molar-refractivity contribution in [2.24, 2.45) is 0 Å². The molecular formula is C36H32N2O3. The van der Waals surface area contributed by atoms with Crippen LogP contribution in [0.3, 0.4) is 0 Å². The average molecular weight is 541 g/mol. The summed E-state index contributed by atoms with van der Waals surface area (Å²) < 4.78 is 9.41. The lowest BCUT2D eigenvalue weighted by molar-refractivity contribution is -0.254. The van der Waals surface area contributed by atoms with Crippen LogP contribution in [-0.4, -0.2) is 30.1 Å². The summed E-state index contributed by atoms with van der Waals surface area (Å²) in [6.07, 6.45) is 10.2. The van der Waals surface area contributed by atoms with Crippen molar-refractivity contribution < 1.29 is 14.3 Å². The van der Waals surface area contributed by atoms with Gasteiger partial charge in [-0.2, -0.15) is 0 Å². The van der Waals surface area contributed by atoms with Gasteiger partial charge in [-0.15, -0.1) is 0 Å². The van der Waals surface area contributed by atoms with Crippen LogP contribution < -0.4 is 19.9 Å². The molecule has 204 valence electrons. The molecule has 5 aliphatic heterocycles. The van der Waals surface area contributed by atoms with Gasteiger partial charge in [-0.1, -0.05) is 36.4 Å². The second-order valence-corrected chi connectivity index (χ2v) is 12.6. The lowest BCUT2D eigenvalue weighted by atomic mass is 9.88. The molecule has 4 fully saturated rings. The molecule has 0 atom stereocenters. The van der Waals surface area contributed by atoms with Gasteiger partial charge in [-0.25, -0.2) is 4.58 Å². The topological polar surface area (TPSA) is 59.5 Å². The third kappa shape index (κ3) is 3.41. The van der Waals surface area contributed by atoms with Gasteiger partial charge >= 0.3 is 0 Å². The van der Waals surface area contributed by atoms with Gasteiger partial charge in [-0.05, 0) is 60.2 Å². The first-order chi connectivity index (χ1) is 20.1. The van der Waals surface area contributed by atoms with Gasteiger partial charge < -0.3 is 19.2 Å². The minimum atomic E-state index is -1.16. The third-order valence-corrected chi connectivity index (χ3v) is 10.6. The Bertz CT molecular complexity index is 1890. The van der Waals surface area contributed by atoms with E-state index in [0.29, 0.717) is 29.6 Å². The first kappa shape index (κ1) is 23.6. The number of carbonyl (C=O) groups excluding carboxylic acids is 1. The van der Waals surface area contributed by atoms with Crippen molar-refractivity contribution in [3.63, 3.8) is 0 Å². The highest BCUT2D eigenvalue weighted by atomic mass is 16.4. The SMILES string of the molecule is O=C([O-])c1cccc2cccc(-c3c4ccc(=[N+]5C6CCC5CC6)cc-4oc4cc(N5C6CCC5CC6)ccc34)c12. The van der Waals surface area contributed by atoms with E-state index in [-0.39, 0.29) is 5.56 Å². The summed E-state index contributed by atoms with van der Waals surface area (Å²) in [6.45, 7) is 0. The highest BCUT2D eigenvalue weighted by Crippen LogP contribution is 2.46. The maximum absolute atomic E-state index is 12.3. The van der Waals surface area contributed by atoms with Crippen LogP contribution in [0, 0.1) is 0 Å². The zero-order valence-electron chi connectivity index (χ0n) is 23.0. The molecule has 3 aromatic carbocycles. The Labute approximate surface area is 238 Å². The number of nitrogens with zero attached hydrogens (tertiary/aromatic N) is 2. The second kappa shape index (κ2) is 8.69. The highest BCUT2D eigenvalue weighted by Gasteiger charge is 2.44. The Balaban J connectivity index is 1.36. The fraction of sp³-hybridized carbons (Fsp3) is 0.333. The molecule has 1 aliphatic carbocycles. The summed E-state index contributed by atoms with van der Waals surface area (Å²) >= 11 is 0. The summed E-state index contributed by atoms with van der Waals surface area (Å²) in [5, 5.41) is 16.1. The number of carboxylic acids is 1. The number of anilines is 1. The number of hydrogen-bond donors (Lipinski definition) is 0. The fourth-order valence-electron chi connectivity index (χ4n) is 8.87. The minimum Gasteiger partial charge on any atom is -0.545 e. The number of carbonyl (C=O) groups is 1. The number of benzene rings is 4. The zero-order valence-corrected chi connectivity index (χ0v) is 23.0. The van der Waals surface area contributed by atoms with E-state index in [9.17, 15) is 9.90 Å². The second-order valence-electron chi connectivity index (χ2n) is 12.6. The molecule has 0 aromatic heterocycles. The molecule has 0 spiro atoms. The van der Waals surface area contributed by atoms with E-state index < -0.39 is 5.97 Å². The van der Waals surface area contributed by atoms with Crippen molar-refractivity contribution in [3.05, 3.63) is 83.7 Å². The van der Waals surface area contributed by atoms with Crippen molar-refractivity contribution in [3.8, 4) is 22.5 Å². The summed E-state index contributed by atoms with van der Waals surface area (Å²) in [7, 11) is 0. The summed E-state index contributed by atoms with van der Waals surface area (Å²) in [5.74, 6) is -0.309. The van der Waals surface area contributed by atoms with E-state index >= 15 is 0 Å². The molecule has 4 bridgehead atoms. The smallest absolute Gasteiger partial charge is 0.204 e. The Morgan fingerprint density at radius 1 is 0.780 bits per heavy atom. The van der Waals surface area contributed by atoms with Crippen LogP contribution >= 0.6 is 0 Å². The number of aromatic carboxylic acids is 1. The predicted molar refractivity (Wildman–Crippen MR) is 160 cm³/mol. The van der Waals surface area contributed by atoms with Gasteiger partial charge in [0, 0.05) is 77.7 Å². The van der Waals surface area contributed by atoms with Gasteiger partial charge in [0.1, 0.15) is 11.3 Å². The molecule has 5 heterocycles. The maximum Gasteiger partial charge on any atom is 0.204 e. The standard InChI is InChI=1S/C36H32N2O3/c39-36(40)31-6-2-4-21-3-1-5-30(34(21)31)35-28-17-15-26(37-22-7-8-23(37)10-9-22)19-32(28)41-33-20-27(16-18-29(33)35)38-24-11-12-25(38)14-13-24/h1-6,15-20,22-25H,7-14H2. The third-order valence-electron chi connectivity index (χ3n) is 10.6. The average Bonchev–Trinajstić information content (AvgIpc) is 3.80. The van der Waals surface area contributed by atoms with Crippen LogP contribution in [0.1, 0.15) is 61.7 Å². The van der Waals surface area contributed by atoms with E-state index in [0.717, 1.165) is 38.8 Å². The molecule has 0 saturated carbocycles. The predicted octanol–water partition coefficient (Wildman–Crippen LogP) is 5.95. The Kier molecular flexibility index (Phi) is 5.00. The van der Waals surface area contributed by atoms with E-state index in [2.05, 4.69) is 45.9 Å². The molecule has 41 heavy (non-hydrogen) atoms. The van der Waals surface area contributed by atoms with Gasteiger partial charge in [0.2, 0.25) is 5.36 Å². The van der Waals surface area contributed by atoms with Crippen LogP contribution in [-0.2, 0) is 0 Å². The number of fused-ring (bicyclic) bond motifs is 7. The van der Waals surface area contributed by atoms with E-state index in [1.54, 1.807) is 12.1 Å². The van der Waals surface area contributed by atoms with Crippen LogP contribution in [0.5, 0.6) is 0 Å². The molecular weight excluding hydrogens is 508 g/mol. The summed E-state index contributed by atoms with van der Waals surface area (Å²) in [6, 6.07) is 27.3. The summed E-state index contributed by atoms with van der Waals surface area (Å²) in [5.41, 5.74) is 5.22. The maximum atomic E-state index is 12.3. The molecule has 0 N–H and O–H groups in total. The van der Waals surface area contributed by atoms with Crippen molar-refractivity contribution in [2.45, 2.75) is 75.5 Å². The van der Waals surface area contributed by atoms with Crippen LogP contribution in [0.4, 0.5) is 5.69 Å². The normalized spacial score (nSPS) is 24.9. The molecule has 6 aliphatic rings. The molecule has 0 unspecified atom stereocenters. The number of hydrogen-bond acceptors (Lipinski definition) is 4. The fourth-order valence-corrected chi connectivity index (χ4v) is 8.87. The van der Waals surface area contributed by atoms with E-state index in [4.69, 9.17) is 4.42 Å². The monoisotopic (exact) mass is 540 g/mol. The lowest BCUT2D eigenvalue weighted by Gasteiger charge is -2.25. The van der Waals surface area contributed by atoms with Crippen LogP contribution in [0.15, 0.2) is 77.2 Å². The molecule has 0 amide bonds. The van der Waals surface area contributed by atoms with E-state index in [1.807, 2.05) is 24.3 Å². The molecule has 9 rings (SSSR count). The van der Waals surface area contributed by atoms with E-state index in [1.165, 1.54) is 62.4 Å². The first-order valence-electron chi connectivity index (χ1n) is 15.3. The van der Waals surface area contributed by atoms with Crippen LogP contribution in [0.2, 0.25) is 0 Å². The molecule has 5 nitrogen and oxygen atoms in total. The van der Waals surface area contributed by atoms with Gasteiger partial charge in [0.15, 0.2) is 12.1 Å². The van der Waals surface area contributed by atoms with Crippen molar-refractivity contribution in [1.82, 2.24) is 4.58 Å². The number of rotatable bonds is 3. The largest absolute Gasteiger partial charge is 0.545 e. The Hall–Kier alpha value is -4.12. The molecule has 0 radical (unpaired) electrons. The Morgan fingerprint density at radius 2 is 1.49 bits per heavy atom. The number of carboxylic acid groups (broad SMARTS) is 1. The van der Waals surface area contributed by atoms with Crippen LogP contribution in [0.25, 0.3) is 44.2 Å². The van der Waals surface area contributed by atoms with Gasteiger partial charge in [-0.3, -0.25) is 0 Å². The van der Waals surface area contributed by atoms with Gasteiger partial charge in [0.25, 0.3) is 0 Å². The first-order valence-corrected chi connectivity index (χ1v) is 15.3. The molecule has 4 saturated heterocycles.